The second kappa shape index (κ2) is 9.10. The highest BCUT2D eigenvalue weighted by Gasteiger charge is 2.17. The average Bonchev–Trinajstić information content (AvgIpc) is 3.48. The van der Waals surface area contributed by atoms with Crippen molar-refractivity contribution in [1.29, 1.82) is 0 Å². The number of benzene rings is 3. The van der Waals surface area contributed by atoms with Gasteiger partial charge in [0.05, 0.1) is 11.4 Å². The molecule has 0 fully saturated rings. The van der Waals surface area contributed by atoms with E-state index in [2.05, 4.69) is 76.5 Å². The monoisotopic (exact) mass is 454 g/mol. The molecular weight excluding hydrogens is 432 g/mol. The molecule has 0 saturated carbocycles. The van der Waals surface area contributed by atoms with E-state index in [0.29, 0.717) is 0 Å². The number of hydrogen-bond acceptors (Lipinski definition) is 5. The van der Waals surface area contributed by atoms with Crippen LogP contribution < -0.4 is 0 Å². The van der Waals surface area contributed by atoms with Crippen molar-refractivity contribution in [2.75, 3.05) is 0 Å². The summed E-state index contributed by atoms with van der Waals surface area (Å²) in [5.41, 5.74) is 6.84. The fourth-order valence-electron chi connectivity index (χ4n) is 3.46. The number of aromatic nitrogens is 4. The van der Waals surface area contributed by atoms with Crippen molar-refractivity contribution in [3.05, 3.63) is 101 Å². The maximum Gasteiger partial charge on any atom is 0.196 e. The largest absolute Gasteiger partial charge is 0.270 e. The summed E-state index contributed by atoms with van der Waals surface area (Å²) < 4.78 is 2.15. The Balaban J connectivity index is 1.47. The summed E-state index contributed by atoms with van der Waals surface area (Å²) in [6.07, 6.45) is 0. The van der Waals surface area contributed by atoms with Crippen LogP contribution >= 0.6 is 23.1 Å². The molecule has 5 rings (SSSR count). The molecule has 0 aliphatic heterocycles. The van der Waals surface area contributed by atoms with Gasteiger partial charge in [-0.3, -0.25) is 4.57 Å². The fraction of sp³-hybridized carbons (Fsp3) is 0.115. The number of aryl methyl sites for hydroxylation is 2. The predicted molar refractivity (Wildman–Crippen MR) is 133 cm³/mol. The van der Waals surface area contributed by atoms with Gasteiger partial charge in [-0.2, -0.15) is 0 Å². The fourth-order valence-corrected chi connectivity index (χ4v) is 5.24. The van der Waals surface area contributed by atoms with E-state index < -0.39 is 0 Å². The van der Waals surface area contributed by atoms with Crippen molar-refractivity contribution in [3.8, 4) is 27.6 Å². The highest BCUT2D eigenvalue weighted by Crippen LogP contribution is 2.32. The van der Waals surface area contributed by atoms with E-state index >= 15 is 0 Å². The molecular formula is C26H22N4S2. The number of thioether (sulfide) groups is 1. The summed E-state index contributed by atoms with van der Waals surface area (Å²) in [5, 5.41) is 13.1. The number of thiazole rings is 1. The summed E-state index contributed by atoms with van der Waals surface area (Å²) >= 11 is 3.34. The molecule has 0 radical (unpaired) electrons. The smallest absolute Gasteiger partial charge is 0.196 e. The number of rotatable bonds is 6. The molecule has 0 atom stereocenters. The van der Waals surface area contributed by atoms with Gasteiger partial charge in [0.2, 0.25) is 0 Å². The Morgan fingerprint density at radius 2 is 1.53 bits per heavy atom. The molecule has 32 heavy (non-hydrogen) atoms. The van der Waals surface area contributed by atoms with Gasteiger partial charge in [0.1, 0.15) is 5.01 Å². The zero-order chi connectivity index (χ0) is 21.9. The van der Waals surface area contributed by atoms with Crippen molar-refractivity contribution in [2.24, 2.45) is 0 Å². The lowest BCUT2D eigenvalue weighted by Crippen LogP contribution is -2.01. The minimum atomic E-state index is 0.737. The maximum absolute atomic E-state index is 4.83. The van der Waals surface area contributed by atoms with E-state index in [-0.39, 0.29) is 0 Å². The van der Waals surface area contributed by atoms with Crippen LogP contribution in [0.2, 0.25) is 0 Å². The van der Waals surface area contributed by atoms with Crippen molar-refractivity contribution in [1.82, 2.24) is 19.7 Å². The van der Waals surface area contributed by atoms with Crippen LogP contribution in [0.4, 0.5) is 0 Å². The highest BCUT2D eigenvalue weighted by atomic mass is 32.2. The molecule has 0 aliphatic rings. The first-order chi connectivity index (χ1) is 15.7. The molecule has 0 spiro atoms. The molecule has 0 saturated heterocycles. The molecule has 5 aromatic rings. The van der Waals surface area contributed by atoms with Gasteiger partial charge in [0.15, 0.2) is 11.0 Å². The van der Waals surface area contributed by atoms with Gasteiger partial charge >= 0.3 is 0 Å². The van der Waals surface area contributed by atoms with Gasteiger partial charge in [-0.25, -0.2) is 4.98 Å². The van der Waals surface area contributed by atoms with E-state index in [9.17, 15) is 0 Å². The lowest BCUT2D eigenvalue weighted by molar-refractivity contribution is 0.884. The quantitative estimate of drug-likeness (QED) is 0.260. The molecule has 0 N–H and O–H groups in total. The van der Waals surface area contributed by atoms with E-state index in [1.54, 1.807) is 23.1 Å². The molecule has 0 bridgehead atoms. The summed E-state index contributed by atoms with van der Waals surface area (Å²) in [5.74, 6) is 1.58. The first kappa shape index (κ1) is 20.7. The van der Waals surface area contributed by atoms with E-state index in [4.69, 9.17) is 4.98 Å². The van der Waals surface area contributed by atoms with Crippen LogP contribution in [0.25, 0.3) is 27.6 Å². The molecule has 0 amide bonds. The molecule has 4 nitrogen and oxygen atoms in total. The van der Waals surface area contributed by atoms with E-state index in [0.717, 1.165) is 44.2 Å². The number of nitrogens with zero attached hydrogens (tertiary/aromatic N) is 4. The van der Waals surface area contributed by atoms with Crippen LogP contribution in [0.3, 0.4) is 0 Å². The zero-order valence-corrected chi connectivity index (χ0v) is 19.5. The summed E-state index contributed by atoms with van der Waals surface area (Å²) in [6.45, 7) is 4.27. The second-order valence-electron chi connectivity index (χ2n) is 7.57. The lowest BCUT2D eigenvalue weighted by Gasteiger charge is -2.12. The molecule has 2 heterocycles. The van der Waals surface area contributed by atoms with Crippen LogP contribution in [-0.2, 0) is 5.75 Å². The van der Waals surface area contributed by atoms with Crippen LogP contribution in [-0.4, -0.2) is 19.7 Å². The third-order valence-corrected chi connectivity index (χ3v) is 7.24. The average molecular weight is 455 g/mol. The van der Waals surface area contributed by atoms with Crippen molar-refractivity contribution >= 4 is 23.1 Å². The normalized spacial score (nSPS) is 11.1. The summed E-state index contributed by atoms with van der Waals surface area (Å²) in [6, 6.07) is 27.0. The molecule has 0 unspecified atom stereocenters. The van der Waals surface area contributed by atoms with Gasteiger partial charge in [0.25, 0.3) is 0 Å². The molecule has 3 aromatic carbocycles. The van der Waals surface area contributed by atoms with Crippen molar-refractivity contribution < 1.29 is 0 Å². The van der Waals surface area contributed by atoms with Crippen molar-refractivity contribution in [3.63, 3.8) is 0 Å². The van der Waals surface area contributed by atoms with E-state index in [1.807, 2.05) is 36.4 Å². The minimum absolute atomic E-state index is 0.737. The summed E-state index contributed by atoms with van der Waals surface area (Å²) in [7, 11) is 0. The van der Waals surface area contributed by atoms with Crippen LogP contribution in [0.1, 0.15) is 16.8 Å². The Kier molecular flexibility index (Phi) is 5.88. The number of hydrogen-bond donors (Lipinski definition) is 0. The standard InChI is InChI=1S/C26H22N4S2/c1-18-13-14-23(15-19(18)2)30-24(20-9-5-3-6-10-20)28-29-26(30)32-17-22-16-31-25(27-22)21-11-7-4-8-12-21/h3-16H,17H2,1-2H3. The van der Waals surface area contributed by atoms with Crippen molar-refractivity contribution in [2.45, 2.75) is 24.8 Å². The SMILES string of the molecule is Cc1ccc(-n2c(SCc3csc(-c4ccccc4)n3)nnc2-c2ccccc2)cc1C. The molecule has 158 valence electrons. The zero-order valence-electron chi connectivity index (χ0n) is 17.9. The maximum atomic E-state index is 4.83. The summed E-state index contributed by atoms with van der Waals surface area (Å²) in [4.78, 5) is 4.83. The Morgan fingerprint density at radius 1 is 0.812 bits per heavy atom. The first-order valence-corrected chi connectivity index (χ1v) is 12.3. The lowest BCUT2D eigenvalue weighted by atomic mass is 10.1. The van der Waals surface area contributed by atoms with Gasteiger partial charge in [-0.15, -0.1) is 21.5 Å². The Morgan fingerprint density at radius 3 is 2.25 bits per heavy atom. The highest BCUT2D eigenvalue weighted by molar-refractivity contribution is 7.98. The topological polar surface area (TPSA) is 43.6 Å². The molecule has 2 aromatic heterocycles. The van der Waals surface area contributed by atoms with Crippen LogP contribution in [0, 0.1) is 13.8 Å². The van der Waals surface area contributed by atoms with Crippen LogP contribution in [0.15, 0.2) is 89.4 Å². The predicted octanol–water partition coefficient (Wildman–Crippen LogP) is 6.97. The minimum Gasteiger partial charge on any atom is -0.270 e. The van der Waals surface area contributed by atoms with Crippen LogP contribution in [0.5, 0.6) is 0 Å². The second-order valence-corrected chi connectivity index (χ2v) is 9.38. The van der Waals surface area contributed by atoms with Gasteiger partial charge in [-0.05, 0) is 37.1 Å². The van der Waals surface area contributed by atoms with Gasteiger partial charge < -0.3 is 0 Å². The van der Waals surface area contributed by atoms with Gasteiger partial charge in [0, 0.05) is 22.3 Å². The molecule has 6 heteroatoms. The third-order valence-electron chi connectivity index (χ3n) is 5.34. The Labute approximate surface area is 196 Å². The van der Waals surface area contributed by atoms with Gasteiger partial charge in [-0.1, -0.05) is 78.5 Å². The first-order valence-electron chi connectivity index (χ1n) is 10.4. The third kappa shape index (κ3) is 4.24. The van der Waals surface area contributed by atoms with E-state index in [1.165, 1.54) is 11.1 Å². The Hall–Kier alpha value is -3.22. The molecule has 0 aliphatic carbocycles. The Bertz CT molecular complexity index is 1340.